The Bertz CT molecular complexity index is 553. The monoisotopic (exact) mass is 251 g/mol. The Labute approximate surface area is 102 Å². The fourth-order valence-electron chi connectivity index (χ4n) is 1.43. The number of hydrogen-bond acceptors (Lipinski definition) is 5. The highest BCUT2D eigenvalue weighted by molar-refractivity contribution is 5.61. The van der Waals surface area contributed by atoms with E-state index in [0.29, 0.717) is 5.56 Å². The van der Waals surface area contributed by atoms with Gasteiger partial charge in [0, 0.05) is 0 Å². The summed E-state index contributed by atoms with van der Waals surface area (Å²) in [6, 6.07) is 4.54. The van der Waals surface area contributed by atoms with Crippen molar-refractivity contribution in [3.8, 4) is 0 Å². The number of benzene rings is 1. The zero-order valence-corrected chi connectivity index (χ0v) is 9.54. The summed E-state index contributed by atoms with van der Waals surface area (Å²) in [5, 5.41) is 2.59. The van der Waals surface area contributed by atoms with Gasteiger partial charge in [0.05, 0.1) is 11.9 Å². The van der Waals surface area contributed by atoms with Gasteiger partial charge in [0.2, 0.25) is 5.95 Å². The largest absolute Gasteiger partial charge is 0.335 e. The second-order valence-corrected chi connectivity index (χ2v) is 3.59. The molecule has 1 aromatic heterocycles. The third-order valence-corrected chi connectivity index (χ3v) is 2.34. The number of rotatable bonds is 3. The topological polar surface area (TPSA) is 75.9 Å². The van der Waals surface area contributed by atoms with Crippen molar-refractivity contribution in [3.63, 3.8) is 0 Å². The summed E-state index contributed by atoms with van der Waals surface area (Å²) in [7, 11) is 0. The summed E-state index contributed by atoms with van der Waals surface area (Å²) in [6.07, 6.45) is 0.945. The molecule has 4 N–H and O–H groups in total. The number of aromatic nitrogens is 2. The molecule has 0 amide bonds. The van der Waals surface area contributed by atoms with E-state index in [1.54, 1.807) is 19.1 Å². The molecule has 0 unspecified atom stereocenters. The van der Waals surface area contributed by atoms with Crippen molar-refractivity contribution in [2.45, 2.75) is 6.92 Å². The molecule has 0 radical (unpaired) electrons. The molecule has 0 fully saturated rings. The molecule has 2 aromatic rings. The molecule has 94 valence electrons. The normalized spacial score (nSPS) is 10.2. The highest BCUT2D eigenvalue weighted by Crippen LogP contribution is 2.24. The Balaban J connectivity index is 2.39. The fourth-order valence-corrected chi connectivity index (χ4v) is 1.43. The number of hydrazine groups is 1. The molecule has 18 heavy (non-hydrogen) atoms. The number of nitrogens with one attached hydrogen (secondary N) is 2. The van der Waals surface area contributed by atoms with Crippen molar-refractivity contribution in [2.24, 2.45) is 5.84 Å². The van der Waals surface area contributed by atoms with E-state index in [1.807, 2.05) is 0 Å². The number of para-hydroxylation sites is 1. The van der Waals surface area contributed by atoms with Crippen LogP contribution in [0.3, 0.4) is 0 Å². The SMILES string of the molecule is Cc1cccc(F)c1Nc1nc(NN)ncc1F. The Morgan fingerprint density at radius 3 is 2.67 bits per heavy atom. The lowest BCUT2D eigenvalue weighted by atomic mass is 10.2. The molecular formula is C11H11F2N5. The van der Waals surface area contributed by atoms with Crippen molar-refractivity contribution in [1.29, 1.82) is 0 Å². The lowest BCUT2D eigenvalue weighted by Crippen LogP contribution is -2.12. The van der Waals surface area contributed by atoms with Crippen LogP contribution >= 0.6 is 0 Å². The van der Waals surface area contributed by atoms with Crippen LogP contribution in [0.1, 0.15) is 5.56 Å². The van der Waals surface area contributed by atoms with Gasteiger partial charge >= 0.3 is 0 Å². The smallest absolute Gasteiger partial charge is 0.239 e. The van der Waals surface area contributed by atoms with Gasteiger partial charge in [0.1, 0.15) is 5.82 Å². The van der Waals surface area contributed by atoms with Gasteiger partial charge in [-0.1, -0.05) is 12.1 Å². The summed E-state index contributed by atoms with van der Waals surface area (Å²) < 4.78 is 27.1. The van der Waals surface area contributed by atoms with Gasteiger partial charge in [-0.05, 0) is 18.6 Å². The maximum Gasteiger partial charge on any atom is 0.239 e. The fraction of sp³-hybridized carbons (Fsp3) is 0.0909. The highest BCUT2D eigenvalue weighted by Gasteiger charge is 2.11. The molecule has 7 heteroatoms. The first-order valence-corrected chi connectivity index (χ1v) is 5.13. The zero-order chi connectivity index (χ0) is 13.1. The van der Waals surface area contributed by atoms with Crippen molar-refractivity contribution in [3.05, 3.63) is 41.6 Å². The minimum absolute atomic E-state index is 0.0351. The first-order valence-electron chi connectivity index (χ1n) is 5.13. The maximum atomic E-state index is 13.6. The van der Waals surface area contributed by atoms with Gasteiger partial charge in [-0.25, -0.2) is 19.6 Å². The number of aryl methyl sites for hydroxylation is 1. The van der Waals surface area contributed by atoms with Gasteiger partial charge in [0.15, 0.2) is 11.6 Å². The average molecular weight is 251 g/mol. The minimum atomic E-state index is -0.698. The summed E-state index contributed by atoms with van der Waals surface area (Å²) in [5.74, 6) is 3.82. The molecule has 0 spiro atoms. The van der Waals surface area contributed by atoms with Crippen LogP contribution < -0.4 is 16.6 Å². The molecule has 0 atom stereocenters. The molecule has 0 aliphatic carbocycles. The second kappa shape index (κ2) is 4.92. The standard InChI is InChI=1S/C11H11F2N5/c1-6-3-2-4-7(12)9(6)16-10-8(13)5-15-11(17-10)18-14/h2-5H,14H2,1H3,(H2,15,16,17,18). The van der Waals surface area contributed by atoms with Crippen molar-refractivity contribution < 1.29 is 8.78 Å². The van der Waals surface area contributed by atoms with Gasteiger partial charge in [-0.2, -0.15) is 4.98 Å². The van der Waals surface area contributed by atoms with E-state index in [2.05, 4.69) is 20.7 Å². The summed E-state index contributed by atoms with van der Waals surface area (Å²) in [6.45, 7) is 1.70. The first-order chi connectivity index (χ1) is 8.61. The molecule has 0 aliphatic rings. The summed E-state index contributed by atoms with van der Waals surface area (Å²) in [5.41, 5.74) is 2.99. The number of anilines is 3. The number of halogens is 2. The van der Waals surface area contributed by atoms with Crippen LogP contribution in [-0.4, -0.2) is 9.97 Å². The molecule has 2 rings (SSSR count). The summed E-state index contributed by atoms with van der Waals surface area (Å²) in [4.78, 5) is 7.36. The highest BCUT2D eigenvalue weighted by atomic mass is 19.1. The van der Waals surface area contributed by atoms with E-state index >= 15 is 0 Å². The molecule has 0 saturated heterocycles. The quantitative estimate of drug-likeness (QED) is 0.575. The van der Waals surface area contributed by atoms with E-state index < -0.39 is 11.6 Å². The van der Waals surface area contributed by atoms with Crippen LogP contribution in [0.15, 0.2) is 24.4 Å². The van der Waals surface area contributed by atoms with Crippen LogP contribution in [0.4, 0.5) is 26.2 Å². The summed E-state index contributed by atoms with van der Waals surface area (Å²) >= 11 is 0. The molecular weight excluding hydrogens is 240 g/mol. The van der Waals surface area contributed by atoms with Gasteiger partial charge in [-0.3, -0.25) is 5.43 Å². The van der Waals surface area contributed by atoms with Crippen molar-refractivity contribution >= 4 is 17.5 Å². The van der Waals surface area contributed by atoms with E-state index in [1.165, 1.54) is 6.07 Å². The lowest BCUT2D eigenvalue weighted by Gasteiger charge is -2.11. The Kier molecular flexibility index (Phi) is 3.33. The maximum absolute atomic E-state index is 13.6. The third kappa shape index (κ3) is 2.35. The molecule has 0 bridgehead atoms. The van der Waals surface area contributed by atoms with Gasteiger partial charge < -0.3 is 5.32 Å². The zero-order valence-electron chi connectivity index (χ0n) is 9.54. The first kappa shape index (κ1) is 12.2. The third-order valence-electron chi connectivity index (χ3n) is 2.34. The number of nitrogens with two attached hydrogens (primary N) is 1. The van der Waals surface area contributed by atoms with E-state index in [4.69, 9.17) is 5.84 Å². The van der Waals surface area contributed by atoms with E-state index in [0.717, 1.165) is 6.20 Å². The van der Waals surface area contributed by atoms with Crippen LogP contribution in [0.25, 0.3) is 0 Å². The van der Waals surface area contributed by atoms with Crippen LogP contribution in [0.2, 0.25) is 0 Å². The predicted octanol–water partition coefficient (Wildman–Crippen LogP) is 2.09. The molecule has 0 saturated carbocycles. The predicted molar refractivity (Wildman–Crippen MR) is 64.2 cm³/mol. The van der Waals surface area contributed by atoms with E-state index in [-0.39, 0.29) is 17.5 Å². The number of hydrogen-bond donors (Lipinski definition) is 3. The van der Waals surface area contributed by atoms with Gasteiger partial charge in [-0.15, -0.1) is 0 Å². The molecule has 1 heterocycles. The molecule has 5 nitrogen and oxygen atoms in total. The number of nitrogens with zero attached hydrogens (tertiary/aromatic N) is 2. The lowest BCUT2D eigenvalue weighted by molar-refractivity contribution is 0.616. The molecule has 1 aromatic carbocycles. The van der Waals surface area contributed by atoms with Gasteiger partial charge in [0.25, 0.3) is 0 Å². The van der Waals surface area contributed by atoms with Crippen molar-refractivity contribution in [1.82, 2.24) is 9.97 Å². The second-order valence-electron chi connectivity index (χ2n) is 3.59. The van der Waals surface area contributed by atoms with Crippen LogP contribution in [0, 0.1) is 18.6 Å². The Hall–Kier alpha value is -2.28. The minimum Gasteiger partial charge on any atom is -0.335 e. The molecule has 0 aliphatic heterocycles. The van der Waals surface area contributed by atoms with Crippen molar-refractivity contribution in [2.75, 3.05) is 10.7 Å². The average Bonchev–Trinajstić information content (AvgIpc) is 2.36. The number of nitrogen functional groups attached to an aromatic ring is 1. The van der Waals surface area contributed by atoms with Crippen LogP contribution in [0.5, 0.6) is 0 Å². The van der Waals surface area contributed by atoms with Crippen LogP contribution in [-0.2, 0) is 0 Å². The Morgan fingerprint density at radius 1 is 1.22 bits per heavy atom. The Morgan fingerprint density at radius 2 is 2.00 bits per heavy atom. The van der Waals surface area contributed by atoms with E-state index in [9.17, 15) is 8.78 Å².